The molecule has 0 spiro atoms. The highest BCUT2D eigenvalue weighted by Crippen LogP contribution is 2.40. The van der Waals surface area contributed by atoms with Crippen molar-refractivity contribution in [2.24, 2.45) is 21.8 Å². The number of hydrogen-bond donors (Lipinski definition) is 4. The predicted molar refractivity (Wildman–Crippen MR) is 145 cm³/mol. The number of ketones is 1. The number of aromatic nitrogens is 1. The van der Waals surface area contributed by atoms with E-state index >= 15 is 0 Å². The van der Waals surface area contributed by atoms with Gasteiger partial charge in [0.1, 0.15) is 23.9 Å². The number of hydroxylamine groups is 2. The van der Waals surface area contributed by atoms with Gasteiger partial charge in [-0.25, -0.2) is 4.98 Å². The molecule has 0 saturated carbocycles. The molecule has 2 unspecified atom stereocenters. The number of benzene rings is 1. The third kappa shape index (κ3) is 6.92. The molecule has 1 aromatic carbocycles. The maximum absolute atomic E-state index is 13.1. The number of anilines is 1. The highest BCUT2D eigenvalue weighted by molar-refractivity contribution is 7.80. The lowest BCUT2D eigenvalue weighted by molar-refractivity contribution is -0.228. The standard InChI is InChI=1S/C23H29N7O8S2/c1-23(2)16(21(32)30(23)38-40(33,34)35)9-18(31)19(17-12-39-22(25)28-17)29-37-8-7-36-15-5-3-13(4-6-15)20-26-10-14(24)11-27-20/h3-6,12,14,16H,7-11,24H2,1-2H3,(H2,25,28)(H,26,27)(H,33,34,35)/b29-19-. The Morgan fingerprint density at radius 3 is 2.60 bits per heavy atom. The van der Waals surface area contributed by atoms with Gasteiger partial charge in [-0.2, -0.15) is 13.5 Å². The fourth-order valence-electron chi connectivity index (χ4n) is 4.05. The second-order valence-electron chi connectivity index (χ2n) is 9.52. The minimum atomic E-state index is -4.91. The van der Waals surface area contributed by atoms with Crippen molar-refractivity contribution < 1.29 is 36.4 Å². The number of β-lactam (4-membered cyclic amide) rings is 1. The van der Waals surface area contributed by atoms with Gasteiger partial charge in [0.2, 0.25) is 0 Å². The zero-order valence-corrected chi connectivity index (χ0v) is 23.3. The smallest absolute Gasteiger partial charge is 0.418 e. The number of oxime groups is 1. The van der Waals surface area contributed by atoms with E-state index < -0.39 is 33.5 Å². The summed E-state index contributed by atoms with van der Waals surface area (Å²) >= 11 is 1.09. The second kappa shape index (κ2) is 11.8. The summed E-state index contributed by atoms with van der Waals surface area (Å²) in [5, 5.41) is 9.35. The summed E-state index contributed by atoms with van der Waals surface area (Å²) in [7, 11) is -4.91. The summed E-state index contributed by atoms with van der Waals surface area (Å²) in [5.74, 6) is -0.948. The zero-order chi connectivity index (χ0) is 29.1. The van der Waals surface area contributed by atoms with Gasteiger partial charge in [0.05, 0.1) is 18.0 Å². The quantitative estimate of drug-likeness (QED) is 0.0845. The maximum atomic E-state index is 13.1. The molecule has 0 bridgehead atoms. The number of nitrogens with one attached hydrogen (secondary N) is 1. The number of thiazole rings is 1. The Kier molecular flexibility index (Phi) is 8.69. The number of carbonyl (C=O) groups is 2. The van der Waals surface area contributed by atoms with Gasteiger partial charge >= 0.3 is 10.4 Å². The van der Waals surface area contributed by atoms with Gasteiger partial charge in [-0.1, -0.05) is 5.16 Å². The summed E-state index contributed by atoms with van der Waals surface area (Å²) in [6.07, 6.45) is -0.342. The van der Waals surface area contributed by atoms with Crippen molar-refractivity contribution in [3.05, 3.63) is 40.9 Å². The van der Waals surface area contributed by atoms with Crippen molar-refractivity contribution in [2.45, 2.75) is 31.8 Å². The lowest BCUT2D eigenvalue weighted by atomic mass is 9.74. The van der Waals surface area contributed by atoms with E-state index in [1.54, 1.807) is 12.1 Å². The number of Topliss-reactive ketones (excluding diaryl/α,β-unsaturated/α-hetero) is 1. The molecular weight excluding hydrogens is 566 g/mol. The van der Waals surface area contributed by atoms with Gasteiger partial charge in [-0.05, 0) is 38.1 Å². The molecule has 1 saturated heterocycles. The molecule has 17 heteroatoms. The minimum Gasteiger partial charge on any atom is -0.490 e. The van der Waals surface area contributed by atoms with Gasteiger partial charge in [-0.3, -0.25) is 19.1 Å². The molecule has 2 atom stereocenters. The molecule has 4 rings (SSSR count). The fraction of sp³-hybridized carbons (Fsp3) is 0.435. The van der Waals surface area contributed by atoms with E-state index in [-0.39, 0.29) is 42.2 Å². The second-order valence-corrected chi connectivity index (χ2v) is 11.4. The molecule has 3 heterocycles. The van der Waals surface area contributed by atoms with E-state index in [4.69, 9.17) is 25.6 Å². The van der Waals surface area contributed by atoms with Crippen LogP contribution in [0.15, 0.2) is 39.8 Å². The van der Waals surface area contributed by atoms with Crippen LogP contribution in [0.2, 0.25) is 0 Å². The Morgan fingerprint density at radius 2 is 2.02 bits per heavy atom. The average molecular weight is 596 g/mol. The summed E-state index contributed by atoms with van der Waals surface area (Å²) in [6, 6.07) is 7.31. The van der Waals surface area contributed by atoms with E-state index in [1.165, 1.54) is 19.2 Å². The Bertz CT molecular complexity index is 1420. The average Bonchev–Trinajstić information content (AvgIpc) is 3.33. The number of rotatable bonds is 12. The van der Waals surface area contributed by atoms with E-state index in [9.17, 15) is 18.0 Å². The predicted octanol–water partition coefficient (Wildman–Crippen LogP) is 0.133. The molecule has 1 fully saturated rings. The number of nitrogens with zero attached hydrogens (tertiary/aromatic N) is 4. The lowest BCUT2D eigenvalue weighted by Gasteiger charge is -2.50. The molecular formula is C23H29N7O8S2. The lowest BCUT2D eigenvalue weighted by Crippen LogP contribution is -2.68. The van der Waals surface area contributed by atoms with E-state index in [0.29, 0.717) is 23.9 Å². The number of aliphatic imine (C=N–C) groups is 1. The van der Waals surface area contributed by atoms with Crippen LogP contribution in [0, 0.1) is 5.92 Å². The molecule has 0 aliphatic carbocycles. The van der Waals surface area contributed by atoms with E-state index in [0.717, 1.165) is 22.7 Å². The number of nitrogen functional groups attached to an aromatic ring is 1. The molecule has 2 aromatic rings. The monoisotopic (exact) mass is 595 g/mol. The first-order valence-electron chi connectivity index (χ1n) is 12.1. The number of carbonyl (C=O) groups excluding carboxylic acids is 2. The number of hydrogen-bond acceptors (Lipinski definition) is 14. The van der Waals surface area contributed by atoms with Crippen LogP contribution in [-0.4, -0.2) is 84.1 Å². The number of amides is 1. The molecule has 6 N–H and O–H groups in total. The first-order valence-corrected chi connectivity index (χ1v) is 14.3. The van der Waals surface area contributed by atoms with Crippen LogP contribution in [0.1, 0.15) is 31.5 Å². The summed E-state index contributed by atoms with van der Waals surface area (Å²) in [5.41, 5.74) is 11.3. The largest absolute Gasteiger partial charge is 0.490 e. The van der Waals surface area contributed by atoms with Crippen molar-refractivity contribution in [1.29, 1.82) is 0 Å². The van der Waals surface area contributed by atoms with Gasteiger partial charge < -0.3 is 26.4 Å². The van der Waals surface area contributed by atoms with E-state index in [1.807, 2.05) is 12.1 Å². The Hall–Kier alpha value is -3.64. The van der Waals surface area contributed by atoms with Crippen molar-refractivity contribution in [1.82, 2.24) is 15.4 Å². The molecule has 1 amide bonds. The van der Waals surface area contributed by atoms with Gasteiger partial charge in [0.15, 0.2) is 23.2 Å². The number of ether oxygens (including phenoxy) is 1. The first kappa shape index (κ1) is 29.3. The van der Waals surface area contributed by atoms with E-state index in [2.05, 4.69) is 24.7 Å². The highest BCUT2D eigenvalue weighted by atomic mass is 32.3. The summed E-state index contributed by atoms with van der Waals surface area (Å²) in [6.45, 7) is 4.31. The maximum Gasteiger partial charge on any atom is 0.418 e. The normalized spacial score (nSPS) is 20.8. The molecule has 1 aromatic heterocycles. The molecule has 2 aliphatic heterocycles. The topological polar surface area (TPSA) is 221 Å². The summed E-state index contributed by atoms with van der Waals surface area (Å²) in [4.78, 5) is 39.4. The zero-order valence-electron chi connectivity index (χ0n) is 21.6. The third-order valence-corrected chi connectivity index (χ3v) is 7.22. The van der Waals surface area contributed by atoms with Gasteiger partial charge in [-0.15, -0.1) is 15.6 Å². The first-order chi connectivity index (χ1) is 18.8. The minimum absolute atomic E-state index is 0.00298. The molecule has 15 nitrogen and oxygen atoms in total. The van der Waals surface area contributed by atoms with Crippen molar-refractivity contribution in [3.63, 3.8) is 0 Å². The van der Waals surface area contributed by atoms with Crippen LogP contribution in [-0.2, 0) is 29.1 Å². The van der Waals surface area contributed by atoms with Crippen LogP contribution in [0.3, 0.4) is 0 Å². The van der Waals surface area contributed by atoms with Crippen LogP contribution in [0.25, 0.3) is 0 Å². The van der Waals surface area contributed by atoms with Crippen LogP contribution in [0.4, 0.5) is 5.13 Å². The van der Waals surface area contributed by atoms with Gasteiger partial charge in [0, 0.05) is 30.0 Å². The van der Waals surface area contributed by atoms with Crippen LogP contribution in [0.5, 0.6) is 5.75 Å². The number of amidine groups is 1. The van der Waals surface area contributed by atoms with Crippen molar-refractivity contribution >= 4 is 50.1 Å². The fourth-order valence-corrected chi connectivity index (χ4v) is 5.05. The van der Waals surface area contributed by atoms with Gasteiger partial charge in [0.25, 0.3) is 5.91 Å². The highest BCUT2D eigenvalue weighted by Gasteiger charge is 2.57. The SMILES string of the molecule is CC1(C)C(CC(=O)/C(=N\OCCOc2ccc(C3=NCC(N)CN3)cc2)c2csc(N)n2)C(=O)N1OS(=O)(=O)O. The molecule has 40 heavy (non-hydrogen) atoms. The van der Waals surface area contributed by atoms with Crippen LogP contribution < -0.4 is 21.5 Å². The Balaban J connectivity index is 1.34. The summed E-state index contributed by atoms with van der Waals surface area (Å²) < 4.78 is 41.0. The number of nitrogens with two attached hydrogens (primary N) is 2. The van der Waals surface area contributed by atoms with Crippen LogP contribution >= 0.6 is 11.3 Å². The van der Waals surface area contributed by atoms with Crippen molar-refractivity contribution in [2.75, 3.05) is 32.0 Å². The van der Waals surface area contributed by atoms with Crippen molar-refractivity contribution in [3.8, 4) is 5.75 Å². The molecule has 216 valence electrons. The Labute approximate surface area is 234 Å². The Morgan fingerprint density at radius 1 is 1.30 bits per heavy atom. The molecule has 2 aliphatic rings. The third-order valence-electron chi connectivity index (χ3n) is 6.20. The molecule has 0 radical (unpaired) electrons.